The molecule has 1 fully saturated rings. The molecule has 1 saturated heterocycles. The lowest BCUT2D eigenvalue weighted by Gasteiger charge is -2.39. The van der Waals surface area contributed by atoms with Crippen LogP contribution in [0.15, 0.2) is 18.2 Å². The fourth-order valence-electron chi connectivity index (χ4n) is 3.54. The van der Waals surface area contributed by atoms with Crippen molar-refractivity contribution < 1.29 is 9.59 Å². The van der Waals surface area contributed by atoms with Gasteiger partial charge in [-0.25, -0.2) is 0 Å². The van der Waals surface area contributed by atoms with Crippen molar-refractivity contribution >= 4 is 17.5 Å². The van der Waals surface area contributed by atoms with Crippen molar-refractivity contribution in [3.05, 3.63) is 29.3 Å². The Morgan fingerprint density at radius 3 is 2.36 bits per heavy atom. The fraction of sp³-hybridized carbons (Fsp3) is 0.636. The molecule has 2 rings (SSSR count). The SMILES string of the molecule is Cc1cccc(N2CCN(C(=O)C(C)(C)C(=O)NCCCN(C)C)CC2)c1C. The summed E-state index contributed by atoms with van der Waals surface area (Å²) in [5.74, 6) is -0.272. The standard InChI is InChI=1S/C22H36N4O2/c1-17-9-7-10-19(18(17)2)25-13-15-26(16-14-25)21(28)22(3,4)20(27)23-11-8-12-24(5)6/h7,9-10H,8,11-16H2,1-6H3,(H,23,27). The van der Waals surface area contributed by atoms with E-state index in [4.69, 9.17) is 0 Å². The second kappa shape index (κ2) is 9.41. The number of aryl methyl sites for hydroxylation is 1. The van der Waals surface area contributed by atoms with Crippen molar-refractivity contribution in [2.75, 3.05) is 58.3 Å². The Morgan fingerprint density at radius 2 is 1.75 bits per heavy atom. The molecule has 1 N–H and O–H groups in total. The molecule has 6 heteroatoms. The Kier molecular flexibility index (Phi) is 7.47. The number of carbonyl (C=O) groups excluding carboxylic acids is 2. The third-order valence-corrected chi connectivity index (χ3v) is 5.65. The van der Waals surface area contributed by atoms with Gasteiger partial charge in [-0.05, 0) is 71.9 Å². The van der Waals surface area contributed by atoms with Gasteiger partial charge < -0.3 is 20.0 Å². The number of anilines is 1. The number of hydrogen-bond acceptors (Lipinski definition) is 4. The minimum atomic E-state index is -1.04. The summed E-state index contributed by atoms with van der Waals surface area (Å²) in [6.07, 6.45) is 0.873. The van der Waals surface area contributed by atoms with Gasteiger partial charge in [-0.1, -0.05) is 12.1 Å². The largest absolute Gasteiger partial charge is 0.368 e. The molecule has 28 heavy (non-hydrogen) atoms. The molecule has 1 aliphatic rings. The highest BCUT2D eigenvalue weighted by atomic mass is 16.2. The first kappa shape index (κ1) is 22.2. The zero-order chi connectivity index (χ0) is 20.9. The number of nitrogens with zero attached hydrogens (tertiary/aromatic N) is 3. The van der Waals surface area contributed by atoms with Crippen LogP contribution >= 0.6 is 0 Å². The van der Waals surface area contributed by atoms with Crippen molar-refractivity contribution in [2.45, 2.75) is 34.1 Å². The number of rotatable bonds is 7. The van der Waals surface area contributed by atoms with Crippen molar-refractivity contribution in [3.63, 3.8) is 0 Å². The molecule has 6 nitrogen and oxygen atoms in total. The summed E-state index contributed by atoms with van der Waals surface area (Å²) in [6, 6.07) is 6.35. The van der Waals surface area contributed by atoms with E-state index in [9.17, 15) is 9.59 Å². The molecule has 0 aromatic heterocycles. The fourth-order valence-corrected chi connectivity index (χ4v) is 3.54. The molecule has 0 atom stereocenters. The van der Waals surface area contributed by atoms with Crippen LogP contribution in [0.25, 0.3) is 0 Å². The van der Waals surface area contributed by atoms with E-state index in [1.54, 1.807) is 13.8 Å². The summed E-state index contributed by atoms with van der Waals surface area (Å²) in [5.41, 5.74) is 2.77. The number of amides is 2. The molecule has 1 aliphatic heterocycles. The van der Waals surface area contributed by atoms with Gasteiger partial charge in [0.15, 0.2) is 0 Å². The quantitative estimate of drug-likeness (QED) is 0.574. The van der Waals surface area contributed by atoms with E-state index >= 15 is 0 Å². The van der Waals surface area contributed by atoms with Crippen LogP contribution in [-0.4, -0.2) is 75.0 Å². The van der Waals surface area contributed by atoms with Gasteiger partial charge in [-0.3, -0.25) is 9.59 Å². The molecule has 1 aromatic rings. The summed E-state index contributed by atoms with van der Waals surface area (Å²) in [4.78, 5) is 31.8. The average Bonchev–Trinajstić information content (AvgIpc) is 2.66. The molecule has 1 heterocycles. The second-order valence-corrected chi connectivity index (χ2v) is 8.54. The first-order chi connectivity index (χ1) is 13.1. The van der Waals surface area contributed by atoms with Crippen LogP contribution in [0.3, 0.4) is 0 Å². The topological polar surface area (TPSA) is 55.9 Å². The maximum atomic E-state index is 13.0. The highest BCUT2D eigenvalue weighted by Gasteiger charge is 2.39. The molecule has 0 spiro atoms. The van der Waals surface area contributed by atoms with Crippen molar-refractivity contribution in [1.29, 1.82) is 0 Å². The van der Waals surface area contributed by atoms with E-state index in [2.05, 4.69) is 47.2 Å². The Bertz CT molecular complexity index is 692. The lowest BCUT2D eigenvalue weighted by atomic mass is 9.90. The van der Waals surface area contributed by atoms with Gasteiger partial charge in [0.25, 0.3) is 0 Å². The predicted octanol–water partition coefficient (Wildman–Crippen LogP) is 2.05. The number of piperazine rings is 1. The molecule has 156 valence electrons. The lowest BCUT2D eigenvalue weighted by molar-refractivity contribution is -0.148. The molecule has 0 aliphatic carbocycles. The zero-order valence-electron chi connectivity index (χ0n) is 18.3. The third kappa shape index (κ3) is 5.25. The molecule has 0 bridgehead atoms. The summed E-state index contributed by atoms with van der Waals surface area (Å²) < 4.78 is 0. The van der Waals surface area contributed by atoms with Crippen LogP contribution in [-0.2, 0) is 9.59 Å². The van der Waals surface area contributed by atoms with Crippen molar-refractivity contribution in [2.24, 2.45) is 5.41 Å². The van der Waals surface area contributed by atoms with Crippen LogP contribution < -0.4 is 10.2 Å². The first-order valence-electron chi connectivity index (χ1n) is 10.2. The first-order valence-corrected chi connectivity index (χ1v) is 10.2. The monoisotopic (exact) mass is 388 g/mol. The Labute approximate surface area is 169 Å². The molecular formula is C22H36N4O2. The van der Waals surface area contributed by atoms with Crippen LogP contribution in [0.5, 0.6) is 0 Å². The van der Waals surface area contributed by atoms with Crippen molar-refractivity contribution in [1.82, 2.24) is 15.1 Å². The maximum absolute atomic E-state index is 13.0. The van der Waals surface area contributed by atoms with E-state index in [-0.39, 0.29) is 11.8 Å². The van der Waals surface area contributed by atoms with Gasteiger partial charge >= 0.3 is 0 Å². The van der Waals surface area contributed by atoms with Crippen molar-refractivity contribution in [3.8, 4) is 0 Å². The molecular weight excluding hydrogens is 352 g/mol. The molecule has 0 saturated carbocycles. The van der Waals surface area contributed by atoms with Gasteiger partial charge in [0.05, 0.1) is 0 Å². The average molecular weight is 389 g/mol. The van der Waals surface area contributed by atoms with Gasteiger partial charge in [0.1, 0.15) is 5.41 Å². The summed E-state index contributed by atoms with van der Waals surface area (Å²) >= 11 is 0. The predicted molar refractivity (Wildman–Crippen MR) is 115 cm³/mol. The van der Waals surface area contributed by atoms with E-state index in [1.807, 2.05) is 19.0 Å². The van der Waals surface area contributed by atoms with Gasteiger partial charge in [-0.2, -0.15) is 0 Å². The van der Waals surface area contributed by atoms with E-state index in [1.165, 1.54) is 16.8 Å². The highest BCUT2D eigenvalue weighted by molar-refractivity contribution is 6.04. The molecule has 2 amide bonds. The van der Waals surface area contributed by atoms with E-state index in [0.717, 1.165) is 26.1 Å². The highest BCUT2D eigenvalue weighted by Crippen LogP contribution is 2.26. The summed E-state index contributed by atoms with van der Waals surface area (Å²) in [7, 11) is 4.01. The Balaban J connectivity index is 1.91. The zero-order valence-corrected chi connectivity index (χ0v) is 18.3. The minimum Gasteiger partial charge on any atom is -0.368 e. The second-order valence-electron chi connectivity index (χ2n) is 8.54. The Hall–Kier alpha value is -2.08. The summed E-state index contributed by atoms with van der Waals surface area (Å²) in [5, 5.41) is 2.92. The van der Waals surface area contributed by atoms with Crippen LogP contribution in [0, 0.1) is 19.3 Å². The third-order valence-electron chi connectivity index (χ3n) is 5.65. The van der Waals surface area contributed by atoms with E-state index in [0.29, 0.717) is 19.6 Å². The smallest absolute Gasteiger partial charge is 0.237 e. The molecule has 0 unspecified atom stereocenters. The van der Waals surface area contributed by atoms with Crippen LogP contribution in [0.1, 0.15) is 31.4 Å². The number of carbonyl (C=O) groups is 2. The number of hydrogen-bond donors (Lipinski definition) is 1. The number of nitrogens with one attached hydrogen (secondary N) is 1. The lowest BCUT2D eigenvalue weighted by Crippen LogP contribution is -2.55. The Morgan fingerprint density at radius 1 is 1.11 bits per heavy atom. The van der Waals surface area contributed by atoms with Crippen LogP contribution in [0.4, 0.5) is 5.69 Å². The summed E-state index contributed by atoms with van der Waals surface area (Å²) in [6.45, 7) is 12.1. The minimum absolute atomic E-state index is 0.0850. The number of benzene rings is 1. The van der Waals surface area contributed by atoms with Crippen LogP contribution in [0.2, 0.25) is 0 Å². The van der Waals surface area contributed by atoms with E-state index < -0.39 is 5.41 Å². The molecule has 0 radical (unpaired) electrons. The van der Waals surface area contributed by atoms with Gasteiger partial charge in [0.2, 0.25) is 11.8 Å². The normalized spacial score (nSPS) is 15.1. The van der Waals surface area contributed by atoms with Gasteiger partial charge in [-0.15, -0.1) is 0 Å². The maximum Gasteiger partial charge on any atom is 0.237 e. The molecule has 1 aromatic carbocycles. The van der Waals surface area contributed by atoms with Gasteiger partial charge in [0, 0.05) is 38.4 Å².